The Morgan fingerprint density at radius 1 is 0.274 bits per heavy atom. The lowest BCUT2D eigenvalue weighted by molar-refractivity contribution is 1.18. The van der Waals surface area contributed by atoms with Crippen molar-refractivity contribution in [2.24, 2.45) is 0 Å². The maximum Gasteiger partial charge on any atom is 0.0541 e. The van der Waals surface area contributed by atoms with Crippen LogP contribution in [-0.4, -0.2) is 4.57 Å². The lowest BCUT2D eigenvalue weighted by Crippen LogP contribution is -2.09. The van der Waals surface area contributed by atoms with Crippen molar-refractivity contribution in [3.8, 4) is 61.3 Å². The third-order valence-corrected chi connectivity index (χ3v) is 15.7. The SMILES string of the molecule is c1cc(-c2ccc(-c3ccc(N(c4ccc(-c5cccc(-n6c7ccccc7c7ccccc76)c5)cc4)c4ccc(-c5cccc6sc7ccccc7c56)cc4)cc3)cc2)cc(-c2ccc3ccccc3c2)c1. The molecule has 14 rings (SSSR count). The van der Waals surface area contributed by atoms with Crippen molar-refractivity contribution >= 4 is 81.1 Å². The van der Waals surface area contributed by atoms with Crippen LogP contribution in [0.2, 0.25) is 0 Å². The maximum absolute atomic E-state index is 2.39. The highest BCUT2D eigenvalue weighted by Gasteiger charge is 2.17. The molecule has 342 valence electrons. The Labute approximate surface area is 428 Å². The molecule has 0 spiro atoms. The Morgan fingerprint density at radius 3 is 1.36 bits per heavy atom. The van der Waals surface area contributed by atoms with Crippen molar-refractivity contribution in [3.63, 3.8) is 0 Å². The van der Waals surface area contributed by atoms with E-state index in [1.165, 1.54) is 103 Å². The van der Waals surface area contributed by atoms with Gasteiger partial charge in [-0.2, -0.15) is 0 Å². The topological polar surface area (TPSA) is 8.17 Å². The van der Waals surface area contributed by atoms with E-state index < -0.39 is 0 Å². The molecule has 0 aliphatic rings. The molecule has 3 heteroatoms. The van der Waals surface area contributed by atoms with Gasteiger partial charge in [-0.25, -0.2) is 0 Å². The van der Waals surface area contributed by atoms with Gasteiger partial charge < -0.3 is 9.47 Å². The molecular formula is C70H46N2S. The minimum atomic E-state index is 1.09. The molecule has 0 radical (unpaired) electrons. The molecule has 73 heavy (non-hydrogen) atoms. The Morgan fingerprint density at radius 2 is 0.712 bits per heavy atom. The number of hydrogen-bond acceptors (Lipinski definition) is 2. The summed E-state index contributed by atoms with van der Waals surface area (Å²) in [5, 5.41) is 7.67. The zero-order valence-corrected chi connectivity index (χ0v) is 40.7. The summed E-state index contributed by atoms with van der Waals surface area (Å²) < 4.78 is 5.02. The second kappa shape index (κ2) is 17.8. The molecule has 12 aromatic carbocycles. The van der Waals surface area contributed by atoms with E-state index in [-0.39, 0.29) is 0 Å². The van der Waals surface area contributed by atoms with Crippen LogP contribution in [0, 0.1) is 0 Å². The summed E-state index contributed by atoms with van der Waals surface area (Å²) in [6, 6.07) is 102. The normalized spacial score (nSPS) is 11.6. The lowest BCUT2D eigenvalue weighted by Gasteiger charge is -2.26. The second-order valence-corrected chi connectivity index (χ2v) is 20.0. The summed E-state index contributed by atoms with van der Waals surface area (Å²) in [5.41, 5.74) is 18.8. The van der Waals surface area contributed by atoms with E-state index >= 15 is 0 Å². The first kappa shape index (κ1) is 42.6. The van der Waals surface area contributed by atoms with E-state index in [1.54, 1.807) is 0 Å². The fourth-order valence-electron chi connectivity index (χ4n) is 11.0. The molecule has 0 bridgehead atoms. The smallest absolute Gasteiger partial charge is 0.0541 e. The molecule has 0 saturated carbocycles. The largest absolute Gasteiger partial charge is 0.311 e. The van der Waals surface area contributed by atoms with Gasteiger partial charge in [0.05, 0.1) is 11.0 Å². The van der Waals surface area contributed by atoms with Gasteiger partial charge in [-0.1, -0.05) is 194 Å². The molecular weight excluding hydrogens is 901 g/mol. The molecule has 0 unspecified atom stereocenters. The molecule has 0 N–H and O–H groups in total. The predicted molar refractivity (Wildman–Crippen MR) is 313 cm³/mol. The number of rotatable bonds is 9. The predicted octanol–water partition coefficient (Wildman–Crippen LogP) is 20.1. The second-order valence-electron chi connectivity index (χ2n) is 18.9. The van der Waals surface area contributed by atoms with E-state index in [9.17, 15) is 0 Å². The molecule has 2 nitrogen and oxygen atoms in total. The summed E-state index contributed by atoms with van der Waals surface area (Å²) in [6.45, 7) is 0. The van der Waals surface area contributed by atoms with Gasteiger partial charge in [0.25, 0.3) is 0 Å². The average Bonchev–Trinajstić information content (AvgIpc) is 4.02. The van der Waals surface area contributed by atoms with E-state index in [0.717, 1.165) is 28.3 Å². The van der Waals surface area contributed by atoms with Crippen molar-refractivity contribution in [3.05, 3.63) is 279 Å². The van der Waals surface area contributed by atoms with Crippen molar-refractivity contribution < 1.29 is 0 Å². The number of benzene rings is 12. The minimum Gasteiger partial charge on any atom is -0.311 e. The number of thiophene rings is 1. The van der Waals surface area contributed by atoms with Crippen molar-refractivity contribution in [1.82, 2.24) is 4.57 Å². The summed E-state index contributed by atoms with van der Waals surface area (Å²) in [7, 11) is 0. The quantitative estimate of drug-likeness (QED) is 0.140. The van der Waals surface area contributed by atoms with Crippen LogP contribution in [-0.2, 0) is 0 Å². The molecule has 2 heterocycles. The van der Waals surface area contributed by atoms with E-state index in [4.69, 9.17) is 0 Å². The van der Waals surface area contributed by atoms with Crippen LogP contribution in [0.4, 0.5) is 17.1 Å². The molecule has 0 amide bonds. The van der Waals surface area contributed by atoms with Gasteiger partial charge in [0.1, 0.15) is 0 Å². The molecule has 0 fully saturated rings. The fourth-order valence-corrected chi connectivity index (χ4v) is 12.1. The Balaban J connectivity index is 0.796. The van der Waals surface area contributed by atoms with Gasteiger partial charge in [0.15, 0.2) is 0 Å². The highest BCUT2D eigenvalue weighted by atomic mass is 32.1. The first-order valence-electron chi connectivity index (χ1n) is 25.0. The number of hydrogen-bond donors (Lipinski definition) is 0. The van der Waals surface area contributed by atoms with Crippen molar-refractivity contribution in [2.75, 3.05) is 4.90 Å². The lowest BCUT2D eigenvalue weighted by atomic mass is 9.96. The van der Waals surface area contributed by atoms with Gasteiger partial charge in [0.2, 0.25) is 0 Å². The van der Waals surface area contributed by atoms with Gasteiger partial charge in [-0.15, -0.1) is 11.3 Å². The molecule has 0 aliphatic heterocycles. The van der Waals surface area contributed by atoms with E-state index in [1.807, 2.05) is 11.3 Å². The Kier molecular flexibility index (Phi) is 10.4. The Bertz CT molecular complexity index is 4300. The number of anilines is 3. The molecule has 0 atom stereocenters. The first-order chi connectivity index (χ1) is 36.2. The number of aromatic nitrogens is 1. The van der Waals surface area contributed by atoms with Crippen molar-refractivity contribution in [1.29, 1.82) is 0 Å². The molecule has 14 aromatic rings. The first-order valence-corrected chi connectivity index (χ1v) is 25.8. The monoisotopic (exact) mass is 946 g/mol. The van der Waals surface area contributed by atoms with Crippen LogP contribution in [0.3, 0.4) is 0 Å². The average molecular weight is 947 g/mol. The van der Waals surface area contributed by atoms with Gasteiger partial charge >= 0.3 is 0 Å². The zero-order chi connectivity index (χ0) is 48.2. The van der Waals surface area contributed by atoms with Crippen LogP contribution in [0.25, 0.3) is 114 Å². The molecule has 0 saturated heterocycles. The van der Waals surface area contributed by atoms with Crippen LogP contribution in [0.15, 0.2) is 279 Å². The number of fused-ring (bicyclic) bond motifs is 7. The highest BCUT2D eigenvalue weighted by Crippen LogP contribution is 2.43. The van der Waals surface area contributed by atoms with Crippen LogP contribution >= 0.6 is 11.3 Å². The summed E-state index contributed by atoms with van der Waals surface area (Å²) >= 11 is 1.86. The zero-order valence-electron chi connectivity index (χ0n) is 39.9. The van der Waals surface area contributed by atoms with Gasteiger partial charge in [-0.05, 0) is 151 Å². The fraction of sp³-hybridized carbons (Fsp3) is 0. The summed E-state index contributed by atoms with van der Waals surface area (Å²) in [4.78, 5) is 2.37. The van der Waals surface area contributed by atoms with E-state index in [2.05, 4.69) is 289 Å². The third-order valence-electron chi connectivity index (χ3n) is 14.6. The van der Waals surface area contributed by atoms with Crippen LogP contribution < -0.4 is 4.90 Å². The van der Waals surface area contributed by atoms with E-state index in [0.29, 0.717) is 0 Å². The van der Waals surface area contributed by atoms with Crippen LogP contribution in [0.5, 0.6) is 0 Å². The van der Waals surface area contributed by atoms with Crippen molar-refractivity contribution in [2.45, 2.75) is 0 Å². The molecule has 0 aliphatic carbocycles. The van der Waals surface area contributed by atoms with Crippen LogP contribution in [0.1, 0.15) is 0 Å². The highest BCUT2D eigenvalue weighted by molar-refractivity contribution is 7.25. The minimum absolute atomic E-state index is 1.09. The standard InChI is InChI=1S/C70H46N2S/c1-2-13-53-45-57(31-30-47(53)12-1)55-15-9-14-54(44-55)50-28-26-48(27-29-50)49-32-38-58(39-33-49)71(60-42-36-52(37-43-60)62-21-11-25-69-70(62)65-20-5-8-24-68(65)73-69)59-40-34-51(35-41-59)56-16-10-17-61(46-56)72-66-22-6-3-18-63(66)64-19-4-7-23-67(64)72/h1-46H. The Hall–Kier alpha value is -9.28. The summed E-state index contributed by atoms with van der Waals surface area (Å²) in [6.07, 6.45) is 0. The number of nitrogens with zero attached hydrogens (tertiary/aromatic N) is 2. The summed E-state index contributed by atoms with van der Waals surface area (Å²) in [5.74, 6) is 0. The molecule has 2 aromatic heterocycles. The van der Waals surface area contributed by atoms with Gasteiger partial charge in [-0.3, -0.25) is 0 Å². The number of para-hydroxylation sites is 2. The maximum atomic E-state index is 2.39. The third kappa shape index (κ3) is 7.66. The van der Waals surface area contributed by atoms with Gasteiger partial charge in [0, 0.05) is 53.7 Å².